The number of anilines is 1. The van der Waals surface area contributed by atoms with E-state index in [1.165, 1.54) is 12.7 Å². The predicted octanol–water partition coefficient (Wildman–Crippen LogP) is 7.72. The Hall–Kier alpha value is -4.54. The number of esters is 1. The summed E-state index contributed by atoms with van der Waals surface area (Å²) in [6, 6.07) is 9.55. The summed E-state index contributed by atoms with van der Waals surface area (Å²) in [5, 5.41) is 3.00. The van der Waals surface area contributed by atoms with Crippen LogP contribution >= 0.6 is 0 Å². The number of fused-ring (bicyclic) bond motifs is 1. The number of hydrogen-bond donors (Lipinski definition) is 1. The molecule has 1 N–H and O–H groups in total. The predicted molar refractivity (Wildman–Crippen MR) is 207 cm³/mol. The number of hydrogen-bond acceptors (Lipinski definition) is 7. The fraction of sp³-hybridized carbons (Fsp3) is 0.619. The Labute approximate surface area is 341 Å². The fourth-order valence-corrected chi connectivity index (χ4v) is 8.68. The average Bonchev–Trinajstić information content (AvgIpc) is 3.38. The highest BCUT2D eigenvalue weighted by Crippen LogP contribution is 2.37. The van der Waals surface area contributed by atoms with E-state index in [1.54, 1.807) is 23.6 Å². The number of amides is 4. The Morgan fingerprint density at radius 1 is 0.797 bits per heavy atom. The SMILES string of the molecule is CCOC(=O)CN1CCC(C2CCN(C(=O)[C@H](C)Cc3cc(C(F)(F)F)cc(C(F)(F)F)c3)CC2)CC1.COC(=O)N1CCC(N2CCc3ccccc3NC2=O)CC1. The smallest absolute Gasteiger partial charge is 0.416 e. The Morgan fingerprint density at radius 2 is 1.36 bits per heavy atom. The van der Waals surface area contributed by atoms with Crippen LogP contribution in [0.5, 0.6) is 0 Å². The van der Waals surface area contributed by atoms with Crippen LogP contribution in [-0.4, -0.2) is 116 Å². The number of nitrogens with one attached hydrogen (secondary N) is 1. The van der Waals surface area contributed by atoms with Gasteiger partial charge in [-0.05, 0) is 119 Å². The normalized spacial score (nSPS) is 19.5. The number of benzene rings is 2. The molecule has 4 aliphatic rings. The van der Waals surface area contributed by atoms with Crippen molar-refractivity contribution >= 4 is 29.7 Å². The summed E-state index contributed by atoms with van der Waals surface area (Å²) in [5.41, 5.74) is -0.822. The van der Waals surface area contributed by atoms with Gasteiger partial charge in [-0.1, -0.05) is 25.1 Å². The topological polar surface area (TPSA) is 112 Å². The van der Waals surface area contributed by atoms with Crippen molar-refractivity contribution in [1.82, 2.24) is 19.6 Å². The van der Waals surface area contributed by atoms with Crippen molar-refractivity contribution in [2.45, 2.75) is 83.6 Å². The molecule has 3 fully saturated rings. The van der Waals surface area contributed by atoms with E-state index in [-0.39, 0.29) is 48.1 Å². The molecule has 6 rings (SSSR count). The molecule has 4 amide bonds. The molecule has 59 heavy (non-hydrogen) atoms. The lowest BCUT2D eigenvalue weighted by atomic mass is 9.78. The second-order valence-electron chi connectivity index (χ2n) is 15.8. The number of rotatable bonds is 8. The average molecular weight is 840 g/mol. The summed E-state index contributed by atoms with van der Waals surface area (Å²) in [5.74, 6) is -0.275. The molecule has 0 spiro atoms. The van der Waals surface area contributed by atoms with Gasteiger partial charge in [-0.25, -0.2) is 9.59 Å². The summed E-state index contributed by atoms with van der Waals surface area (Å²) >= 11 is 0. The van der Waals surface area contributed by atoms with Gasteiger partial charge in [0, 0.05) is 50.4 Å². The van der Waals surface area contributed by atoms with Crippen LogP contribution < -0.4 is 5.32 Å². The van der Waals surface area contributed by atoms with E-state index >= 15 is 0 Å². The molecule has 3 saturated heterocycles. The Morgan fingerprint density at radius 3 is 1.92 bits per heavy atom. The number of carbonyl (C=O) groups excluding carboxylic acids is 4. The van der Waals surface area contributed by atoms with E-state index in [9.17, 15) is 45.5 Å². The zero-order valence-electron chi connectivity index (χ0n) is 33.9. The van der Waals surface area contributed by atoms with Crippen LogP contribution in [0.2, 0.25) is 0 Å². The van der Waals surface area contributed by atoms with Gasteiger partial charge in [-0.2, -0.15) is 26.3 Å². The summed E-state index contributed by atoms with van der Waals surface area (Å²) in [6.07, 6.45) is -4.34. The number of piperidine rings is 3. The van der Waals surface area contributed by atoms with Crippen molar-refractivity contribution in [3.8, 4) is 0 Å². The lowest BCUT2D eigenvalue weighted by Gasteiger charge is -2.40. The largest absolute Gasteiger partial charge is 0.465 e. The zero-order valence-corrected chi connectivity index (χ0v) is 33.9. The van der Waals surface area contributed by atoms with E-state index in [1.807, 2.05) is 23.1 Å². The number of para-hydroxylation sites is 1. The standard InChI is InChI=1S/C26H34F6N2O3.C16H21N3O3/c1-3-37-23(35)16-33-8-4-19(5-9-33)20-6-10-34(11-7-20)24(36)17(2)12-18-13-21(25(27,28)29)15-22(14-18)26(30,31)32;1-22-16(21)18-9-7-13(8-10-18)19-11-6-12-4-2-3-5-14(12)17-15(19)20/h13-15,17,19-20H,3-12,16H2,1-2H3;2-5,13H,6-11H2,1H3,(H,17,20)/t17-;/m1./s1. The maximum absolute atomic E-state index is 13.2. The second-order valence-corrected chi connectivity index (χ2v) is 15.8. The summed E-state index contributed by atoms with van der Waals surface area (Å²) in [6.45, 7) is 8.63. The molecule has 11 nitrogen and oxygen atoms in total. The first-order valence-corrected chi connectivity index (χ1v) is 20.4. The van der Waals surface area contributed by atoms with E-state index in [0.717, 1.165) is 63.7 Å². The van der Waals surface area contributed by atoms with Gasteiger partial charge in [-0.3, -0.25) is 14.5 Å². The van der Waals surface area contributed by atoms with Gasteiger partial charge in [0.1, 0.15) is 0 Å². The molecule has 326 valence electrons. The van der Waals surface area contributed by atoms with Gasteiger partial charge in [0.15, 0.2) is 0 Å². The molecule has 1 atom stereocenters. The molecule has 0 saturated carbocycles. The molecule has 0 aromatic heterocycles. The molecule has 2 aromatic rings. The first kappa shape index (κ1) is 45.5. The number of methoxy groups -OCH3 is 1. The molecular weight excluding hydrogens is 784 g/mol. The molecule has 2 aromatic carbocycles. The lowest BCUT2D eigenvalue weighted by Crippen LogP contribution is -2.50. The number of carbonyl (C=O) groups is 4. The number of urea groups is 1. The first-order valence-electron chi connectivity index (χ1n) is 20.4. The van der Waals surface area contributed by atoms with E-state index in [4.69, 9.17) is 9.47 Å². The van der Waals surface area contributed by atoms with Crippen LogP contribution in [0.25, 0.3) is 0 Å². The quantitative estimate of drug-likeness (QED) is 0.214. The van der Waals surface area contributed by atoms with Crippen LogP contribution in [0.15, 0.2) is 42.5 Å². The summed E-state index contributed by atoms with van der Waals surface area (Å²) in [7, 11) is 1.40. The van der Waals surface area contributed by atoms with Gasteiger partial charge in [0.25, 0.3) is 0 Å². The van der Waals surface area contributed by atoms with Crippen LogP contribution in [0.4, 0.5) is 41.6 Å². The van der Waals surface area contributed by atoms with Crippen LogP contribution in [0, 0.1) is 17.8 Å². The molecule has 0 bridgehead atoms. The highest BCUT2D eigenvalue weighted by molar-refractivity contribution is 5.91. The van der Waals surface area contributed by atoms with Gasteiger partial charge in [-0.15, -0.1) is 0 Å². The molecule has 0 unspecified atom stereocenters. The van der Waals surface area contributed by atoms with Crippen molar-refractivity contribution in [3.63, 3.8) is 0 Å². The lowest BCUT2D eigenvalue weighted by molar-refractivity contribution is -0.145. The molecule has 4 heterocycles. The van der Waals surface area contributed by atoms with Crippen LogP contribution in [0.1, 0.15) is 74.6 Å². The Balaban J connectivity index is 0.000000254. The minimum atomic E-state index is -4.92. The number of halogens is 6. The maximum Gasteiger partial charge on any atom is 0.416 e. The Kier molecular flexibility index (Phi) is 15.5. The van der Waals surface area contributed by atoms with E-state index < -0.39 is 29.4 Å². The van der Waals surface area contributed by atoms with Gasteiger partial charge < -0.3 is 29.5 Å². The maximum atomic E-state index is 13.2. The van der Waals surface area contributed by atoms with Crippen molar-refractivity contribution < 1.29 is 55.0 Å². The molecule has 17 heteroatoms. The molecule has 0 aliphatic carbocycles. The van der Waals surface area contributed by atoms with Crippen molar-refractivity contribution in [3.05, 3.63) is 64.7 Å². The first-order chi connectivity index (χ1) is 28.0. The molecule has 0 radical (unpaired) electrons. The van der Waals surface area contributed by atoms with Gasteiger partial charge >= 0.3 is 30.4 Å². The molecular formula is C42H55F6N5O6. The monoisotopic (exact) mass is 839 g/mol. The summed E-state index contributed by atoms with van der Waals surface area (Å²) < 4.78 is 88.7. The zero-order chi connectivity index (χ0) is 42.9. The second kappa shape index (κ2) is 20.1. The minimum absolute atomic E-state index is 0.0403. The van der Waals surface area contributed by atoms with Gasteiger partial charge in [0.2, 0.25) is 5.91 Å². The Bertz CT molecular complexity index is 1720. The van der Waals surface area contributed by atoms with E-state index in [2.05, 4.69) is 16.3 Å². The van der Waals surface area contributed by atoms with Crippen molar-refractivity contribution in [1.29, 1.82) is 0 Å². The van der Waals surface area contributed by atoms with Crippen LogP contribution in [0.3, 0.4) is 0 Å². The highest BCUT2D eigenvalue weighted by Gasteiger charge is 2.38. The number of alkyl halides is 6. The number of likely N-dealkylation sites (tertiary alicyclic amines) is 3. The highest BCUT2D eigenvalue weighted by atomic mass is 19.4. The van der Waals surface area contributed by atoms with Gasteiger partial charge in [0.05, 0.1) is 31.4 Å². The minimum Gasteiger partial charge on any atom is -0.465 e. The third-order valence-corrected chi connectivity index (χ3v) is 11.9. The van der Waals surface area contributed by atoms with Crippen molar-refractivity contribution in [2.75, 3.05) is 71.4 Å². The van der Waals surface area contributed by atoms with Crippen LogP contribution in [-0.2, 0) is 44.3 Å². The number of nitrogens with zero attached hydrogens (tertiary/aromatic N) is 4. The summed E-state index contributed by atoms with van der Waals surface area (Å²) in [4.78, 5) is 56.0. The molecule has 4 aliphatic heterocycles. The fourth-order valence-electron chi connectivity index (χ4n) is 8.68. The van der Waals surface area contributed by atoms with E-state index in [0.29, 0.717) is 69.8 Å². The third kappa shape index (κ3) is 12.5. The third-order valence-electron chi connectivity index (χ3n) is 11.9. The number of ether oxygens (including phenoxy) is 2. The van der Waals surface area contributed by atoms with Crippen molar-refractivity contribution in [2.24, 2.45) is 17.8 Å².